The van der Waals surface area contributed by atoms with Crippen LogP contribution in [0.1, 0.15) is 26.7 Å². The third-order valence-electron chi connectivity index (χ3n) is 1.25. The molecule has 0 saturated heterocycles. The third-order valence-corrected chi connectivity index (χ3v) is 1.25. The minimum absolute atomic E-state index is 0.195. The number of carbonyl (C=O) groups is 1. The molecule has 0 unspecified atom stereocenters. The molecular weight excluding hydrogens is 102 g/mol. The molecule has 0 fully saturated rings. The van der Waals surface area contributed by atoms with E-state index in [1.807, 2.05) is 13.8 Å². The van der Waals surface area contributed by atoms with Crippen LogP contribution < -0.4 is 5.73 Å². The van der Waals surface area contributed by atoms with E-state index in [2.05, 4.69) is 0 Å². The predicted molar refractivity (Wildman–Crippen MR) is 33.3 cm³/mol. The smallest absolute Gasteiger partial charge is 0.217 e. The highest BCUT2D eigenvalue weighted by Crippen LogP contribution is 2.03. The van der Waals surface area contributed by atoms with Crippen molar-refractivity contribution < 1.29 is 4.79 Å². The fourth-order valence-corrected chi connectivity index (χ4v) is 0.488. The van der Waals surface area contributed by atoms with Crippen molar-refractivity contribution >= 4 is 5.91 Å². The number of hydrogen-bond donors (Lipinski definition) is 1. The number of primary amides is 1. The maximum absolute atomic E-state index is 10.2. The number of nitrogens with two attached hydrogens (primary N) is 1. The van der Waals surface area contributed by atoms with E-state index in [9.17, 15) is 4.79 Å². The topological polar surface area (TPSA) is 43.1 Å². The number of rotatable bonds is 3. The molecule has 0 saturated carbocycles. The van der Waals surface area contributed by atoms with Gasteiger partial charge in [0.1, 0.15) is 0 Å². The molecule has 0 aromatic rings. The first-order chi connectivity index (χ1) is 3.66. The second-order valence-corrected chi connectivity index (χ2v) is 2.18. The van der Waals surface area contributed by atoms with Crippen LogP contribution in [0.15, 0.2) is 0 Å². The first kappa shape index (κ1) is 7.47. The van der Waals surface area contributed by atoms with Gasteiger partial charge in [-0.1, -0.05) is 20.3 Å². The molecule has 0 aromatic carbocycles. The Morgan fingerprint density at radius 1 is 1.75 bits per heavy atom. The van der Waals surface area contributed by atoms with Crippen molar-refractivity contribution in [3.63, 3.8) is 0 Å². The Kier molecular flexibility index (Phi) is 3.24. The van der Waals surface area contributed by atoms with Crippen molar-refractivity contribution in [1.82, 2.24) is 0 Å². The molecule has 0 heterocycles. The van der Waals surface area contributed by atoms with Crippen molar-refractivity contribution in [2.45, 2.75) is 26.7 Å². The quantitative estimate of drug-likeness (QED) is 0.583. The van der Waals surface area contributed by atoms with Gasteiger partial charge >= 0.3 is 0 Å². The standard InChI is InChI=1S/C6H13NO/c1-3-5(2)4-6(7)8/h5H,3-4H2,1-2H3,(H2,7,8)/t5-/m0/s1. The Bertz CT molecular complexity index is 80.6. The van der Waals surface area contributed by atoms with E-state index < -0.39 is 0 Å². The van der Waals surface area contributed by atoms with Crippen LogP contribution in [0.25, 0.3) is 0 Å². The van der Waals surface area contributed by atoms with Gasteiger partial charge < -0.3 is 5.73 Å². The van der Waals surface area contributed by atoms with E-state index in [4.69, 9.17) is 5.73 Å². The summed E-state index contributed by atoms with van der Waals surface area (Å²) in [5, 5.41) is 0. The first-order valence-corrected chi connectivity index (χ1v) is 2.95. The average Bonchev–Trinajstić information content (AvgIpc) is 1.65. The first-order valence-electron chi connectivity index (χ1n) is 2.95. The van der Waals surface area contributed by atoms with Crippen LogP contribution in [0, 0.1) is 5.92 Å². The molecule has 1 atom stereocenters. The molecule has 0 aromatic heterocycles. The molecule has 0 bridgehead atoms. The summed E-state index contributed by atoms with van der Waals surface area (Å²) in [6.45, 7) is 4.07. The van der Waals surface area contributed by atoms with E-state index in [0.717, 1.165) is 6.42 Å². The van der Waals surface area contributed by atoms with E-state index in [1.54, 1.807) is 0 Å². The van der Waals surface area contributed by atoms with Crippen LogP contribution >= 0.6 is 0 Å². The van der Waals surface area contributed by atoms with E-state index >= 15 is 0 Å². The molecule has 2 nitrogen and oxygen atoms in total. The maximum Gasteiger partial charge on any atom is 0.217 e. The van der Waals surface area contributed by atoms with Gasteiger partial charge in [-0.15, -0.1) is 0 Å². The van der Waals surface area contributed by atoms with E-state index in [1.165, 1.54) is 0 Å². The molecule has 2 N–H and O–H groups in total. The van der Waals surface area contributed by atoms with Crippen molar-refractivity contribution in [3.8, 4) is 0 Å². The lowest BCUT2D eigenvalue weighted by Gasteiger charge is -2.01. The molecule has 0 aliphatic heterocycles. The summed E-state index contributed by atoms with van der Waals surface area (Å²) in [6.07, 6.45) is 1.55. The van der Waals surface area contributed by atoms with Gasteiger partial charge in [-0.25, -0.2) is 0 Å². The maximum atomic E-state index is 10.2. The molecule has 0 rings (SSSR count). The summed E-state index contributed by atoms with van der Waals surface area (Å²) in [6, 6.07) is 0. The van der Waals surface area contributed by atoms with Crippen LogP contribution in [0.3, 0.4) is 0 Å². The lowest BCUT2D eigenvalue weighted by molar-refractivity contribution is -0.118. The van der Waals surface area contributed by atoms with Crippen LogP contribution in [0.5, 0.6) is 0 Å². The molecule has 0 aliphatic rings. The van der Waals surface area contributed by atoms with Crippen molar-refractivity contribution in [2.75, 3.05) is 0 Å². The summed E-state index contributed by atoms with van der Waals surface area (Å²) in [7, 11) is 0. The summed E-state index contributed by atoms with van der Waals surface area (Å²) in [5.74, 6) is 0.256. The summed E-state index contributed by atoms with van der Waals surface area (Å²) < 4.78 is 0. The predicted octanol–water partition coefficient (Wildman–Crippen LogP) is 0.908. The molecular formula is C6H13NO. The molecule has 0 spiro atoms. The zero-order chi connectivity index (χ0) is 6.57. The molecule has 0 radical (unpaired) electrons. The Morgan fingerprint density at radius 3 is 2.38 bits per heavy atom. The van der Waals surface area contributed by atoms with Crippen LogP contribution in [0.2, 0.25) is 0 Å². The highest BCUT2D eigenvalue weighted by Gasteiger charge is 2.00. The zero-order valence-electron chi connectivity index (χ0n) is 5.48. The second kappa shape index (κ2) is 3.47. The SMILES string of the molecule is CC[C@H](C)CC(N)=O. The van der Waals surface area contributed by atoms with Crippen molar-refractivity contribution in [2.24, 2.45) is 11.7 Å². The average molecular weight is 115 g/mol. The Balaban J connectivity index is 3.24. The van der Waals surface area contributed by atoms with Gasteiger partial charge in [0.05, 0.1) is 0 Å². The normalized spacial score (nSPS) is 13.2. The van der Waals surface area contributed by atoms with Gasteiger partial charge in [-0.2, -0.15) is 0 Å². The fraction of sp³-hybridized carbons (Fsp3) is 0.833. The molecule has 1 amide bonds. The van der Waals surface area contributed by atoms with E-state index in [-0.39, 0.29) is 5.91 Å². The Labute approximate surface area is 50.1 Å². The zero-order valence-corrected chi connectivity index (χ0v) is 5.48. The van der Waals surface area contributed by atoms with Gasteiger partial charge in [-0.05, 0) is 5.92 Å². The minimum atomic E-state index is -0.195. The van der Waals surface area contributed by atoms with Crippen LogP contribution in [-0.2, 0) is 4.79 Å². The molecule has 2 heteroatoms. The highest BCUT2D eigenvalue weighted by atomic mass is 16.1. The van der Waals surface area contributed by atoms with Crippen molar-refractivity contribution in [1.29, 1.82) is 0 Å². The van der Waals surface area contributed by atoms with Crippen LogP contribution in [-0.4, -0.2) is 5.91 Å². The van der Waals surface area contributed by atoms with Gasteiger partial charge in [0.25, 0.3) is 0 Å². The molecule has 8 heavy (non-hydrogen) atoms. The largest absolute Gasteiger partial charge is 0.370 e. The molecule has 48 valence electrons. The van der Waals surface area contributed by atoms with E-state index in [0.29, 0.717) is 12.3 Å². The number of amides is 1. The minimum Gasteiger partial charge on any atom is -0.370 e. The third kappa shape index (κ3) is 3.65. The molecule has 0 aliphatic carbocycles. The second-order valence-electron chi connectivity index (χ2n) is 2.18. The van der Waals surface area contributed by atoms with Crippen molar-refractivity contribution in [3.05, 3.63) is 0 Å². The summed E-state index contributed by atoms with van der Waals surface area (Å²) >= 11 is 0. The van der Waals surface area contributed by atoms with Crippen LogP contribution in [0.4, 0.5) is 0 Å². The van der Waals surface area contributed by atoms with Gasteiger partial charge in [0.15, 0.2) is 0 Å². The Hall–Kier alpha value is -0.530. The summed E-state index contributed by atoms with van der Waals surface area (Å²) in [5.41, 5.74) is 4.93. The lowest BCUT2D eigenvalue weighted by atomic mass is 10.1. The Morgan fingerprint density at radius 2 is 2.25 bits per heavy atom. The lowest BCUT2D eigenvalue weighted by Crippen LogP contribution is -2.13. The number of hydrogen-bond acceptors (Lipinski definition) is 1. The number of carbonyl (C=O) groups excluding carboxylic acids is 1. The highest BCUT2D eigenvalue weighted by molar-refractivity contribution is 5.73. The fourth-order valence-electron chi connectivity index (χ4n) is 0.488. The monoisotopic (exact) mass is 115 g/mol. The van der Waals surface area contributed by atoms with Gasteiger partial charge in [-0.3, -0.25) is 4.79 Å². The van der Waals surface area contributed by atoms with Gasteiger partial charge in [0, 0.05) is 6.42 Å². The summed E-state index contributed by atoms with van der Waals surface area (Å²) in [4.78, 5) is 10.2. The van der Waals surface area contributed by atoms with Gasteiger partial charge in [0.2, 0.25) is 5.91 Å².